The quantitative estimate of drug-likeness (QED) is 0.476. The SMILES string of the molecule is CNC(=O)/C(=C\c1cccc(Oc2ccccc2)c1)CC(=O)c1ccccc1. The van der Waals surface area contributed by atoms with Crippen molar-refractivity contribution in [2.24, 2.45) is 0 Å². The molecule has 0 aliphatic rings. The summed E-state index contributed by atoms with van der Waals surface area (Å²) >= 11 is 0. The summed E-state index contributed by atoms with van der Waals surface area (Å²) in [5.41, 5.74) is 1.76. The van der Waals surface area contributed by atoms with Gasteiger partial charge in [-0.3, -0.25) is 9.59 Å². The van der Waals surface area contributed by atoms with E-state index in [1.165, 1.54) is 0 Å². The van der Waals surface area contributed by atoms with Gasteiger partial charge in [0.05, 0.1) is 0 Å². The fourth-order valence-corrected chi connectivity index (χ4v) is 2.75. The fourth-order valence-electron chi connectivity index (χ4n) is 2.75. The lowest BCUT2D eigenvalue weighted by molar-refractivity contribution is -0.117. The van der Waals surface area contributed by atoms with Crippen LogP contribution in [0.15, 0.2) is 90.5 Å². The molecular formula is C24H21NO3. The smallest absolute Gasteiger partial charge is 0.247 e. The Morgan fingerprint density at radius 2 is 1.50 bits per heavy atom. The maximum Gasteiger partial charge on any atom is 0.247 e. The number of ketones is 1. The summed E-state index contributed by atoms with van der Waals surface area (Å²) in [6.07, 6.45) is 1.74. The van der Waals surface area contributed by atoms with Crippen molar-refractivity contribution >= 4 is 17.8 Å². The van der Waals surface area contributed by atoms with Crippen LogP contribution < -0.4 is 10.1 Å². The van der Waals surface area contributed by atoms with E-state index in [0.717, 1.165) is 11.3 Å². The second-order valence-electron chi connectivity index (χ2n) is 6.20. The number of benzene rings is 3. The Bertz CT molecular complexity index is 979. The van der Waals surface area contributed by atoms with E-state index in [1.54, 1.807) is 37.4 Å². The molecule has 1 amide bonds. The molecule has 0 aromatic heterocycles. The van der Waals surface area contributed by atoms with Gasteiger partial charge < -0.3 is 10.1 Å². The Morgan fingerprint density at radius 3 is 2.18 bits per heavy atom. The third-order valence-corrected chi connectivity index (χ3v) is 4.14. The number of carbonyl (C=O) groups is 2. The van der Waals surface area contributed by atoms with Crippen LogP contribution in [0.4, 0.5) is 0 Å². The van der Waals surface area contributed by atoms with Gasteiger partial charge in [-0.25, -0.2) is 0 Å². The van der Waals surface area contributed by atoms with Gasteiger partial charge in [0.1, 0.15) is 11.5 Å². The molecule has 1 N–H and O–H groups in total. The fraction of sp³-hybridized carbons (Fsp3) is 0.0833. The molecule has 0 atom stereocenters. The average Bonchev–Trinajstić information content (AvgIpc) is 2.74. The van der Waals surface area contributed by atoms with Crippen molar-refractivity contribution < 1.29 is 14.3 Å². The van der Waals surface area contributed by atoms with Crippen LogP contribution in [0.5, 0.6) is 11.5 Å². The zero-order valence-corrected chi connectivity index (χ0v) is 15.6. The second-order valence-corrected chi connectivity index (χ2v) is 6.20. The van der Waals surface area contributed by atoms with Crippen LogP contribution in [0.25, 0.3) is 6.08 Å². The van der Waals surface area contributed by atoms with Gasteiger partial charge in [-0.1, -0.05) is 60.7 Å². The number of nitrogens with one attached hydrogen (secondary N) is 1. The number of rotatable bonds is 7. The van der Waals surface area contributed by atoms with Crippen LogP contribution in [-0.2, 0) is 4.79 Å². The third-order valence-electron chi connectivity index (χ3n) is 4.14. The lowest BCUT2D eigenvalue weighted by atomic mass is 10.0. The Balaban J connectivity index is 1.83. The van der Waals surface area contributed by atoms with E-state index in [0.29, 0.717) is 16.9 Å². The average molecular weight is 371 g/mol. The van der Waals surface area contributed by atoms with Crippen molar-refractivity contribution in [1.29, 1.82) is 0 Å². The Labute approximate surface area is 164 Å². The number of likely N-dealkylation sites (N-methyl/N-ethyl adjacent to an activating group) is 1. The summed E-state index contributed by atoms with van der Waals surface area (Å²) in [5.74, 6) is 1.01. The monoisotopic (exact) mass is 371 g/mol. The van der Waals surface area contributed by atoms with Crippen molar-refractivity contribution in [1.82, 2.24) is 5.32 Å². The molecule has 0 radical (unpaired) electrons. The molecule has 3 aromatic rings. The van der Waals surface area contributed by atoms with E-state index < -0.39 is 0 Å². The number of amides is 1. The predicted octanol–water partition coefficient (Wildman–Crippen LogP) is 4.88. The number of hydrogen-bond donors (Lipinski definition) is 1. The first-order chi connectivity index (χ1) is 13.7. The number of Topliss-reactive ketones (excluding diaryl/α,β-unsaturated/α-hetero) is 1. The molecule has 3 rings (SSSR count). The molecule has 0 spiro atoms. The van der Waals surface area contributed by atoms with E-state index in [-0.39, 0.29) is 18.1 Å². The number of carbonyl (C=O) groups excluding carboxylic acids is 2. The highest BCUT2D eigenvalue weighted by atomic mass is 16.5. The maximum absolute atomic E-state index is 12.5. The normalized spacial score (nSPS) is 11.0. The van der Waals surface area contributed by atoms with Crippen LogP contribution >= 0.6 is 0 Å². The van der Waals surface area contributed by atoms with Gasteiger partial charge in [-0.2, -0.15) is 0 Å². The van der Waals surface area contributed by atoms with Crippen LogP contribution in [0.1, 0.15) is 22.3 Å². The molecule has 4 heteroatoms. The number of ether oxygens (including phenoxy) is 1. The molecule has 0 unspecified atom stereocenters. The highest BCUT2D eigenvalue weighted by molar-refractivity contribution is 6.07. The topological polar surface area (TPSA) is 55.4 Å². The highest BCUT2D eigenvalue weighted by Gasteiger charge is 2.14. The van der Waals surface area contributed by atoms with Crippen LogP contribution in [-0.4, -0.2) is 18.7 Å². The number of para-hydroxylation sites is 1. The third kappa shape index (κ3) is 5.17. The first-order valence-electron chi connectivity index (χ1n) is 8.99. The molecular weight excluding hydrogens is 350 g/mol. The first-order valence-corrected chi connectivity index (χ1v) is 8.99. The van der Waals surface area contributed by atoms with Crippen molar-refractivity contribution in [3.63, 3.8) is 0 Å². The Hall–Kier alpha value is -3.66. The summed E-state index contributed by atoms with van der Waals surface area (Å²) in [4.78, 5) is 24.8. The molecule has 0 saturated heterocycles. The molecule has 140 valence electrons. The van der Waals surface area contributed by atoms with E-state index in [2.05, 4.69) is 5.32 Å². The van der Waals surface area contributed by atoms with Gasteiger partial charge in [-0.15, -0.1) is 0 Å². The van der Waals surface area contributed by atoms with Crippen LogP contribution in [0, 0.1) is 0 Å². The minimum atomic E-state index is -0.279. The molecule has 0 bridgehead atoms. The van der Waals surface area contributed by atoms with Gasteiger partial charge in [0.2, 0.25) is 5.91 Å². The molecule has 3 aromatic carbocycles. The van der Waals surface area contributed by atoms with Gasteiger partial charge in [0, 0.05) is 24.6 Å². The van der Waals surface area contributed by atoms with E-state index in [1.807, 2.05) is 60.7 Å². The minimum absolute atomic E-state index is 0.0213. The van der Waals surface area contributed by atoms with Crippen LogP contribution in [0.3, 0.4) is 0 Å². The molecule has 0 aliphatic carbocycles. The lowest BCUT2D eigenvalue weighted by Crippen LogP contribution is -2.21. The zero-order valence-electron chi connectivity index (χ0n) is 15.6. The molecule has 0 heterocycles. The Morgan fingerprint density at radius 1 is 0.857 bits per heavy atom. The highest BCUT2D eigenvalue weighted by Crippen LogP contribution is 2.23. The van der Waals surface area contributed by atoms with Crippen molar-refractivity contribution in [3.05, 3.63) is 102 Å². The molecule has 28 heavy (non-hydrogen) atoms. The summed E-state index contributed by atoms with van der Waals surface area (Å²) in [6, 6.07) is 25.8. The van der Waals surface area contributed by atoms with Crippen molar-refractivity contribution in [2.75, 3.05) is 7.05 Å². The number of hydrogen-bond acceptors (Lipinski definition) is 3. The standard InChI is InChI=1S/C24H21NO3/c1-25-24(27)20(17-23(26)19-10-4-2-5-11-19)15-18-9-8-14-22(16-18)28-21-12-6-3-7-13-21/h2-16H,17H2,1H3,(H,25,27)/b20-15-. The summed E-state index contributed by atoms with van der Waals surface area (Å²) in [6.45, 7) is 0. The molecule has 0 aliphatic heterocycles. The van der Waals surface area contributed by atoms with Gasteiger partial charge in [-0.05, 0) is 35.9 Å². The summed E-state index contributed by atoms with van der Waals surface area (Å²) in [5, 5.41) is 2.61. The predicted molar refractivity (Wildman–Crippen MR) is 110 cm³/mol. The van der Waals surface area contributed by atoms with Crippen molar-refractivity contribution in [3.8, 4) is 11.5 Å². The van der Waals surface area contributed by atoms with Crippen LogP contribution in [0.2, 0.25) is 0 Å². The molecule has 4 nitrogen and oxygen atoms in total. The Kier molecular flexibility index (Phi) is 6.37. The zero-order chi connectivity index (χ0) is 19.8. The summed E-state index contributed by atoms with van der Waals surface area (Å²) < 4.78 is 5.84. The largest absolute Gasteiger partial charge is 0.457 e. The van der Waals surface area contributed by atoms with Crippen molar-refractivity contribution in [2.45, 2.75) is 6.42 Å². The minimum Gasteiger partial charge on any atom is -0.457 e. The second kappa shape index (κ2) is 9.33. The van der Waals surface area contributed by atoms with Gasteiger partial charge >= 0.3 is 0 Å². The molecule has 0 fully saturated rings. The van der Waals surface area contributed by atoms with Gasteiger partial charge in [0.15, 0.2) is 5.78 Å². The summed E-state index contributed by atoms with van der Waals surface area (Å²) in [7, 11) is 1.55. The lowest BCUT2D eigenvalue weighted by Gasteiger charge is -2.08. The first kappa shape index (κ1) is 19.1. The maximum atomic E-state index is 12.5. The van der Waals surface area contributed by atoms with E-state index >= 15 is 0 Å². The van der Waals surface area contributed by atoms with E-state index in [4.69, 9.17) is 4.74 Å². The van der Waals surface area contributed by atoms with E-state index in [9.17, 15) is 9.59 Å². The molecule has 0 saturated carbocycles. The van der Waals surface area contributed by atoms with Gasteiger partial charge in [0.25, 0.3) is 0 Å².